The molecule has 0 radical (unpaired) electrons. The van der Waals surface area contributed by atoms with Gasteiger partial charge in [0.05, 0.1) is 6.26 Å². The zero-order valence-electron chi connectivity index (χ0n) is 23.7. The van der Waals surface area contributed by atoms with E-state index >= 15 is 0 Å². The predicted molar refractivity (Wildman–Crippen MR) is 166 cm³/mol. The zero-order valence-corrected chi connectivity index (χ0v) is 25.3. The Kier molecular flexibility index (Phi) is 10.7. The Balaban J connectivity index is 0.00000405. The highest BCUT2D eigenvalue weighted by molar-refractivity contribution is 7.92. The minimum absolute atomic E-state index is 0. The van der Waals surface area contributed by atoms with Crippen LogP contribution in [0.4, 0.5) is 20.6 Å². The van der Waals surface area contributed by atoms with Crippen molar-refractivity contribution in [3.05, 3.63) is 84.2 Å². The molecule has 42 heavy (non-hydrogen) atoms. The van der Waals surface area contributed by atoms with Gasteiger partial charge in [0.25, 0.3) is 0 Å². The number of likely N-dealkylation sites (tertiary alicyclic amines) is 1. The molecule has 2 N–H and O–H groups in total. The van der Waals surface area contributed by atoms with Gasteiger partial charge in [-0.15, -0.1) is 12.4 Å². The highest BCUT2D eigenvalue weighted by Gasteiger charge is 2.31. The maximum atomic E-state index is 13.3. The van der Waals surface area contributed by atoms with Crippen molar-refractivity contribution in [2.45, 2.75) is 44.7 Å². The lowest BCUT2D eigenvalue weighted by Crippen LogP contribution is -2.50. The summed E-state index contributed by atoms with van der Waals surface area (Å²) in [6.07, 6.45) is 6.51. The Bertz CT molecular complexity index is 1410. The van der Waals surface area contributed by atoms with Gasteiger partial charge in [0.1, 0.15) is 17.3 Å². The molecular formula is C31H38ClFN4O4S. The normalized spacial score (nSPS) is 16.1. The first-order valence-corrected chi connectivity index (χ1v) is 16.0. The van der Waals surface area contributed by atoms with Crippen LogP contribution in [-0.4, -0.2) is 56.2 Å². The number of rotatable bonds is 10. The minimum atomic E-state index is -3.32. The molecule has 0 unspecified atom stereocenters. The van der Waals surface area contributed by atoms with Crippen LogP contribution in [0.2, 0.25) is 0 Å². The van der Waals surface area contributed by atoms with E-state index in [1.807, 2.05) is 17.0 Å². The number of anilines is 2. The largest absolute Gasteiger partial charge is 0.457 e. The van der Waals surface area contributed by atoms with Gasteiger partial charge in [0.2, 0.25) is 10.0 Å². The molecule has 1 aliphatic carbocycles. The third-order valence-corrected chi connectivity index (χ3v) is 8.36. The number of ether oxygens (including phenoxy) is 1. The summed E-state index contributed by atoms with van der Waals surface area (Å²) in [6, 6.07) is 20.8. The molecule has 2 aliphatic rings. The number of amides is 2. The van der Waals surface area contributed by atoms with Gasteiger partial charge in [-0.2, -0.15) is 0 Å². The van der Waals surface area contributed by atoms with Crippen LogP contribution in [0, 0.1) is 11.7 Å². The molecule has 1 saturated carbocycles. The van der Waals surface area contributed by atoms with E-state index in [9.17, 15) is 17.6 Å². The van der Waals surface area contributed by atoms with Gasteiger partial charge in [-0.3, -0.25) is 9.62 Å². The molecule has 1 saturated heterocycles. The van der Waals surface area contributed by atoms with E-state index in [4.69, 9.17) is 4.74 Å². The number of benzene rings is 3. The van der Waals surface area contributed by atoms with Crippen molar-refractivity contribution >= 4 is 39.8 Å². The lowest BCUT2D eigenvalue weighted by atomic mass is 9.84. The summed E-state index contributed by atoms with van der Waals surface area (Å²) in [5.74, 6) is 1.57. The summed E-state index contributed by atoms with van der Waals surface area (Å²) < 4.78 is 44.4. The van der Waals surface area contributed by atoms with Crippen molar-refractivity contribution in [1.82, 2.24) is 9.80 Å². The Morgan fingerprint density at radius 3 is 2.02 bits per heavy atom. The maximum absolute atomic E-state index is 13.3. The summed E-state index contributed by atoms with van der Waals surface area (Å²) in [4.78, 5) is 17.7. The summed E-state index contributed by atoms with van der Waals surface area (Å²) in [6.45, 7) is 3.41. The monoisotopic (exact) mass is 616 g/mol. The topological polar surface area (TPSA) is 91.0 Å². The van der Waals surface area contributed by atoms with Crippen molar-refractivity contribution in [3.63, 3.8) is 0 Å². The Morgan fingerprint density at radius 2 is 1.48 bits per heavy atom. The predicted octanol–water partition coefficient (Wildman–Crippen LogP) is 6.71. The van der Waals surface area contributed by atoms with Crippen LogP contribution in [0.25, 0.3) is 0 Å². The molecule has 226 valence electrons. The quantitative estimate of drug-likeness (QED) is 0.264. The number of sulfonamides is 1. The standard InChI is InChI=1S/C31H37FN4O4S.ClH/c1-41(38,39)34-27-11-15-30(16-12-27)40-29-13-5-24(6-14-29)21-35-19-17-28(18-20-35)36(22-23-3-2-4-23)31(37)33-26-9-7-25(32)8-10-26;/h5-16,23,28,34H,2-4,17-22H2,1H3,(H,33,37);1H. The van der Waals surface area contributed by atoms with Gasteiger partial charge < -0.3 is 15.0 Å². The van der Waals surface area contributed by atoms with E-state index in [1.165, 1.54) is 37.0 Å². The number of nitrogens with one attached hydrogen (secondary N) is 2. The molecule has 3 aromatic carbocycles. The van der Waals surface area contributed by atoms with E-state index in [1.54, 1.807) is 36.4 Å². The molecule has 11 heteroatoms. The molecule has 1 heterocycles. The average molecular weight is 617 g/mol. The van der Waals surface area contributed by atoms with Crippen molar-refractivity contribution < 1.29 is 22.3 Å². The first-order chi connectivity index (χ1) is 19.7. The third kappa shape index (κ3) is 9.08. The number of halogens is 2. The molecular weight excluding hydrogens is 579 g/mol. The van der Waals surface area contributed by atoms with Gasteiger partial charge in [-0.25, -0.2) is 17.6 Å². The highest BCUT2D eigenvalue weighted by atomic mass is 35.5. The van der Waals surface area contributed by atoms with Crippen molar-refractivity contribution in [3.8, 4) is 11.5 Å². The van der Waals surface area contributed by atoms with Crippen molar-refractivity contribution in [2.24, 2.45) is 5.92 Å². The van der Waals surface area contributed by atoms with E-state index in [0.717, 1.165) is 45.3 Å². The van der Waals surface area contributed by atoms with Gasteiger partial charge in [-0.1, -0.05) is 18.6 Å². The number of urea groups is 1. The van der Waals surface area contributed by atoms with Crippen molar-refractivity contribution in [1.29, 1.82) is 0 Å². The summed E-state index contributed by atoms with van der Waals surface area (Å²) in [7, 11) is -3.32. The van der Waals surface area contributed by atoms with Gasteiger partial charge in [0.15, 0.2) is 0 Å². The van der Waals surface area contributed by atoms with Crippen LogP contribution in [0.3, 0.4) is 0 Å². The van der Waals surface area contributed by atoms with Crippen molar-refractivity contribution in [2.75, 3.05) is 35.9 Å². The van der Waals surface area contributed by atoms with E-state index in [0.29, 0.717) is 28.8 Å². The second kappa shape index (κ2) is 14.2. The first-order valence-electron chi connectivity index (χ1n) is 14.1. The SMILES string of the molecule is CS(=O)(=O)Nc1ccc(Oc2ccc(CN3CCC(N(CC4CCC4)C(=O)Nc4ccc(F)cc4)CC3)cc2)cc1.Cl. The summed E-state index contributed by atoms with van der Waals surface area (Å²) in [5, 5.41) is 2.97. The Hall–Kier alpha value is -3.34. The number of carbonyl (C=O) groups is 1. The molecule has 5 rings (SSSR count). The summed E-state index contributed by atoms with van der Waals surface area (Å²) in [5.41, 5.74) is 2.28. The lowest BCUT2D eigenvalue weighted by molar-refractivity contribution is 0.101. The van der Waals surface area contributed by atoms with Crippen LogP contribution < -0.4 is 14.8 Å². The van der Waals surface area contributed by atoms with Crippen LogP contribution in [0.15, 0.2) is 72.8 Å². The molecule has 0 bridgehead atoms. The molecule has 2 fully saturated rings. The van der Waals surface area contributed by atoms with Crippen LogP contribution in [0.5, 0.6) is 11.5 Å². The van der Waals surface area contributed by atoms with Crippen LogP contribution >= 0.6 is 12.4 Å². The van der Waals surface area contributed by atoms with E-state index < -0.39 is 10.0 Å². The molecule has 0 spiro atoms. The number of piperidine rings is 1. The zero-order chi connectivity index (χ0) is 28.8. The number of carbonyl (C=O) groups excluding carboxylic acids is 1. The molecule has 1 aliphatic heterocycles. The fraction of sp³-hybridized carbons (Fsp3) is 0.387. The third-order valence-electron chi connectivity index (χ3n) is 7.76. The van der Waals surface area contributed by atoms with Gasteiger partial charge >= 0.3 is 6.03 Å². The van der Waals surface area contributed by atoms with E-state index in [-0.39, 0.29) is 30.3 Å². The molecule has 8 nitrogen and oxygen atoms in total. The molecule has 0 atom stereocenters. The highest BCUT2D eigenvalue weighted by Crippen LogP contribution is 2.30. The summed E-state index contributed by atoms with van der Waals surface area (Å²) >= 11 is 0. The fourth-order valence-electron chi connectivity index (χ4n) is 5.33. The molecule has 0 aromatic heterocycles. The Morgan fingerprint density at radius 1 is 0.905 bits per heavy atom. The van der Waals surface area contributed by atoms with E-state index in [2.05, 4.69) is 27.1 Å². The minimum Gasteiger partial charge on any atom is -0.457 e. The second-order valence-electron chi connectivity index (χ2n) is 11.0. The average Bonchev–Trinajstić information content (AvgIpc) is 2.91. The van der Waals surface area contributed by atoms with Crippen LogP contribution in [0.1, 0.15) is 37.7 Å². The van der Waals surface area contributed by atoms with Crippen LogP contribution in [-0.2, 0) is 16.6 Å². The number of hydrogen-bond acceptors (Lipinski definition) is 5. The van der Waals surface area contributed by atoms with Gasteiger partial charge in [-0.05, 0) is 97.8 Å². The number of hydrogen-bond donors (Lipinski definition) is 2. The number of nitrogens with zero attached hydrogens (tertiary/aromatic N) is 2. The maximum Gasteiger partial charge on any atom is 0.322 e. The molecule has 2 amide bonds. The second-order valence-corrected chi connectivity index (χ2v) is 12.8. The smallest absolute Gasteiger partial charge is 0.322 e. The lowest BCUT2D eigenvalue weighted by Gasteiger charge is -2.41. The first kappa shape index (κ1) is 31.6. The fourth-order valence-corrected chi connectivity index (χ4v) is 5.90. The molecule has 3 aromatic rings. The Labute approximate surface area is 253 Å². The van der Waals surface area contributed by atoms with Gasteiger partial charge in [0, 0.05) is 43.6 Å².